The first-order valence-electron chi connectivity index (χ1n) is 5.57. The maximum atomic E-state index is 11.9. The van der Waals surface area contributed by atoms with Gasteiger partial charge in [0.1, 0.15) is 0 Å². The summed E-state index contributed by atoms with van der Waals surface area (Å²) < 4.78 is 26.3. The van der Waals surface area contributed by atoms with Crippen LogP contribution in [0.2, 0.25) is 0 Å². The predicted molar refractivity (Wildman–Crippen MR) is 69.5 cm³/mol. The maximum absolute atomic E-state index is 11.9. The average molecular weight is 293 g/mol. The van der Waals surface area contributed by atoms with Crippen molar-refractivity contribution in [3.63, 3.8) is 0 Å². The van der Waals surface area contributed by atoms with Gasteiger partial charge in [-0.25, -0.2) is 22.9 Å². The summed E-state index contributed by atoms with van der Waals surface area (Å²) in [5.41, 5.74) is 0.634. The lowest BCUT2D eigenvalue weighted by atomic mass is 10.3. The molecule has 20 heavy (non-hydrogen) atoms. The Hall–Kier alpha value is -2.32. The Balaban J connectivity index is 2.12. The third-order valence-corrected chi connectivity index (χ3v) is 3.76. The Morgan fingerprint density at radius 3 is 2.60 bits per heavy atom. The summed E-state index contributed by atoms with van der Waals surface area (Å²) in [6.45, 7) is 0.0819. The number of nitrogens with zero attached hydrogens (tertiary/aromatic N) is 2. The molecule has 0 fully saturated rings. The number of carbonyl (C=O) groups is 1. The van der Waals surface area contributed by atoms with Crippen molar-refractivity contribution in [3.8, 4) is 0 Å². The van der Waals surface area contributed by atoms with Crippen LogP contribution >= 0.6 is 0 Å². The molecule has 0 saturated heterocycles. The number of hydrogen-bond acceptors (Lipinski definition) is 5. The van der Waals surface area contributed by atoms with E-state index in [-0.39, 0.29) is 17.1 Å². The van der Waals surface area contributed by atoms with E-state index in [1.807, 2.05) is 0 Å². The zero-order chi connectivity index (χ0) is 14.6. The van der Waals surface area contributed by atoms with Gasteiger partial charge in [0, 0.05) is 25.1 Å². The van der Waals surface area contributed by atoms with E-state index in [0.29, 0.717) is 5.56 Å². The molecule has 0 amide bonds. The SMILES string of the molecule is O=C(O)c1ccc(S(=O)(=O)NCc2cccnc2)nc1. The molecule has 104 valence electrons. The lowest BCUT2D eigenvalue weighted by Gasteiger charge is -2.06. The van der Waals surface area contributed by atoms with Crippen molar-refractivity contribution in [2.45, 2.75) is 11.6 Å². The Bertz CT molecular complexity index is 699. The molecule has 0 saturated carbocycles. The molecule has 0 atom stereocenters. The molecule has 0 aliphatic rings. The lowest BCUT2D eigenvalue weighted by molar-refractivity contribution is 0.0696. The fourth-order valence-electron chi connectivity index (χ4n) is 1.42. The number of carboxylic acid groups (broad SMARTS) is 1. The van der Waals surface area contributed by atoms with Crippen molar-refractivity contribution < 1.29 is 18.3 Å². The molecule has 0 aliphatic carbocycles. The van der Waals surface area contributed by atoms with Crippen molar-refractivity contribution in [1.29, 1.82) is 0 Å². The van der Waals surface area contributed by atoms with E-state index < -0.39 is 16.0 Å². The van der Waals surface area contributed by atoms with Crippen LogP contribution in [-0.2, 0) is 16.6 Å². The van der Waals surface area contributed by atoms with E-state index in [1.54, 1.807) is 24.5 Å². The van der Waals surface area contributed by atoms with Gasteiger partial charge in [0.2, 0.25) is 0 Å². The monoisotopic (exact) mass is 293 g/mol. The van der Waals surface area contributed by atoms with Gasteiger partial charge in [-0.15, -0.1) is 0 Å². The van der Waals surface area contributed by atoms with E-state index in [4.69, 9.17) is 5.11 Å². The summed E-state index contributed by atoms with van der Waals surface area (Å²) in [7, 11) is -3.78. The first-order chi connectivity index (χ1) is 9.49. The second-order valence-electron chi connectivity index (χ2n) is 3.88. The zero-order valence-corrected chi connectivity index (χ0v) is 11.0. The molecule has 2 aromatic heterocycles. The van der Waals surface area contributed by atoms with Gasteiger partial charge in [0.15, 0.2) is 5.03 Å². The quantitative estimate of drug-likeness (QED) is 0.837. The third kappa shape index (κ3) is 3.37. The van der Waals surface area contributed by atoms with Crippen LogP contribution in [0.4, 0.5) is 0 Å². The second-order valence-corrected chi connectivity index (χ2v) is 5.59. The van der Waals surface area contributed by atoms with Crippen LogP contribution in [-0.4, -0.2) is 29.5 Å². The van der Waals surface area contributed by atoms with Crippen LogP contribution in [0.3, 0.4) is 0 Å². The van der Waals surface area contributed by atoms with Gasteiger partial charge in [-0.1, -0.05) is 6.07 Å². The molecule has 8 heteroatoms. The van der Waals surface area contributed by atoms with E-state index in [2.05, 4.69) is 14.7 Å². The number of sulfonamides is 1. The van der Waals surface area contributed by atoms with Crippen molar-refractivity contribution >= 4 is 16.0 Å². The van der Waals surface area contributed by atoms with E-state index >= 15 is 0 Å². The molecular weight excluding hydrogens is 282 g/mol. The molecular formula is C12H11N3O4S. The summed E-state index contributed by atoms with van der Waals surface area (Å²) >= 11 is 0. The molecule has 2 heterocycles. The number of aromatic carboxylic acids is 1. The van der Waals surface area contributed by atoms with Crippen LogP contribution in [0.5, 0.6) is 0 Å². The molecule has 2 N–H and O–H groups in total. The van der Waals surface area contributed by atoms with Crippen molar-refractivity contribution in [2.24, 2.45) is 0 Å². The minimum absolute atomic E-state index is 0.0730. The van der Waals surface area contributed by atoms with E-state index in [9.17, 15) is 13.2 Å². The van der Waals surface area contributed by atoms with Gasteiger partial charge in [-0.3, -0.25) is 4.98 Å². The second kappa shape index (κ2) is 5.76. The molecule has 2 rings (SSSR count). The molecule has 0 bridgehead atoms. The highest BCUT2D eigenvalue weighted by atomic mass is 32.2. The van der Waals surface area contributed by atoms with Gasteiger partial charge in [-0.2, -0.15) is 0 Å². The first kappa shape index (κ1) is 14.1. The highest BCUT2D eigenvalue weighted by Gasteiger charge is 2.16. The number of hydrogen-bond donors (Lipinski definition) is 2. The smallest absolute Gasteiger partial charge is 0.337 e. The Morgan fingerprint density at radius 2 is 2.05 bits per heavy atom. The average Bonchev–Trinajstić information content (AvgIpc) is 2.46. The van der Waals surface area contributed by atoms with E-state index in [1.165, 1.54) is 6.07 Å². The van der Waals surface area contributed by atoms with Gasteiger partial charge >= 0.3 is 5.97 Å². The normalized spacial score (nSPS) is 11.2. The molecule has 7 nitrogen and oxygen atoms in total. The van der Waals surface area contributed by atoms with Crippen molar-refractivity contribution in [2.75, 3.05) is 0 Å². The topological polar surface area (TPSA) is 109 Å². The van der Waals surface area contributed by atoms with Gasteiger partial charge in [0.05, 0.1) is 5.56 Å². The fourth-order valence-corrected chi connectivity index (χ4v) is 2.36. The van der Waals surface area contributed by atoms with Crippen molar-refractivity contribution in [3.05, 3.63) is 54.0 Å². The Morgan fingerprint density at radius 1 is 1.25 bits per heavy atom. The van der Waals surface area contributed by atoms with Crippen LogP contribution in [0.25, 0.3) is 0 Å². The van der Waals surface area contributed by atoms with Gasteiger partial charge in [0.25, 0.3) is 10.0 Å². The van der Waals surface area contributed by atoms with Crippen LogP contribution in [0, 0.1) is 0 Å². The standard InChI is InChI=1S/C12H11N3O4S/c16-12(17)10-3-4-11(14-8-10)20(18,19)15-7-9-2-1-5-13-6-9/h1-6,8,15H,7H2,(H,16,17). The molecule has 0 spiro atoms. The van der Waals surface area contributed by atoms with Gasteiger partial charge < -0.3 is 5.11 Å². The van der Waals surface area contributed by atoms with Crippen LogP contribution in [0.1, 0.15) is 15.9 Å². The summed E-state index contributed by atoms with van der Waals surface area (Å²) in [6, 6.07) is 5.77. The summed E-state index contributed by atoms with van der Waals surface area (Å²) in [5.74, 6) is -1.16. The third-order valence-electron chi connectivity index (χ3n) is 2.45. The summed E-state index contributed by atoms with van der Waals surface area (Å²) in [4.78, 5) is 18.2. The molecule has 0 radical (unpaired) electrons. The zero-order valence-electron chi connectivity index (χ0n) is 10.2. The summed E-state index contributed by atoms with van der Waals surface area (Å²) in [6.07, 6.45) is 4.13. The summed E-state index contributed by atoms with van der Waals surface area (Å²) in [5, 5.41) is 8.49. The number of aromatic nitrogens is 2. The number of carboxylic acids is 1. The van der Waals surface area contributed by atoms with Crippen LogP contribution in [0.15, 0.2) is 47.9 Å². The fraction of sp³-hybridized carbons (Fsp3) is 0.0833. The largest absolute Gasteiger partial charge is 0.478 e. The van der Waals surface area contributed by atoms with E-state index in [0.717, 1.165) is 12.3 Å². The highest BCUT2D eigenvalue weighted by Crippen LogP contribution is 2.07. The molecule has 2 aromatic rings. The minimum Gasteiger partial charge on any atom is -0.478 e. The number of pyridine rings is 2. The maximum Gasteiger partial charge on any atom is 0.337 e. The molecule has 0 unspecified atom stereocenters. The number of rotatable bonds is 5. The molecule has 0 aliphatic heterocycles. The molecule has 0 aromatic carbocycles. The Kier molecular flexibility index (Phi) is 4.06. The minimum atomic E-state index is -3.78. The van der Waals surface area contributed by atoms with Crippen molar-refractivity contribution in [1.82, 2.24) is 14.7 Å². The van der Waals surface area contributed by atoms with Crippen LogP contribution < -0.4 is 4.72 Å². The predicted octanol–water partition coefficient (Wildman–Crippen LogP) is 0.653. The Labute approximate surface area is 115 Å². The van der Waals surface area contributed by atoms with Gasteiger partial charge in [-0.05, 0) is 23.8 Å². The number of nitrogens with one attached hydrogen (secondary N) is 1. The highest BCUT2D eigenvalue weighted by molar-refractivity contribution is 7.89. The first-order valence-corrected chi connectivity index (χ1v) is 7.05. The lowest BCUT2D eigenvalue weighted by Crippen LogP contribution is -2.24.